The molecule has 3 heteroatoms. The van der Waals surface area contributed by atoms with Crippen molar-refractivity contribution in [3.05, 3.63) is 29.8 Å². The molecule has 3 nitrogen and oxygen atoms in total. The van der Waals surface area contributed by atoms with E-state index in [1.165, 1.54) is 0 Å². The number of hydrogen-bond acceptors (Lipinski definition) is 3. The molecule has 0 heterocycles. The first-order chi connectivity index (χ1) is 7.39. The highest BCUT2D eigenvalue weighted by Gasteiger charge is 2.22. The van der Waals surface area contributed by atoms with Gasteiger partial charge in [-0.05, 0) is 38.5 Å². The van der Waals surface area contributed by atoms with E-state index in [1.54, 1.807) is 0 Å². The van der Waals surface area contributed by atoms with Gasteiger partial charge in [0.25, 0.3) is 0 Å². The lowest BCUT2D eigenvalue weighted by Gasteiger charge is -2.16. The van der Waals surface area contributed by atoms with E-state index in [9.17, 15) is 4.79 Å². The Labute approximate surface area is 96.6 Å². The second kappa shape index (κ2) is 5.01. The summed E-state index contributed by atoms with van der Waals surface area (Å²) < 4.78 is 5.17. The number of ether oxygens (including phenoxy) is 1. The summed E-state index contributed by atoms with van der Waals surface area (Å²) >= 11 is 0. The number of nitrogens with two attached hydrogens (primary N) is 1. The molecule has 0 saturated heterocycles. The number of esters is 1. The Morgan fingerprint density at radius 1 is 1.25 bits per heavy atom. The normalized spacial score (nSPS) is 11.2. The summed E-state index contributed by atoms with van der Waals surface area (Å²) in [6, 6.07) is 7.59. The SMILES string of the molecule is CC(C)(C)C(=O)OCCc1ccc(N)cc1. The van der Waals surface area contributed by atoms with Crippen molar-refractivity contribution in [2.45, 2.75) is 27.2 Å². The van der Waals surface area contributed by atoms with Gasteiger partial charge in [-0.25, -0.2) is 0 Å². The third-order valence-electron chi connectivity index (χ3n) is 2.22. The van der Waals surface area contributed by atoms with E-state index in [0.29, 0.717) is 6.61 Å². The molecule has 1 rings (SSSR count). The van der Waals surface area contributed by atoms with Crippen LogP contribution in [0.3, 0.4) is 0 Å². The van der Waals surface area contributed by atoms with Gasteiger partial charge in [0.05, 0.1) is 12.0 Å². The van der Waals surface area contributed by atoms with Crippen LogP contribution in [0.5, 0.6) is 0 Å². The summed E-state index contributed by atoms with van der Waals surface area (Å²) in [5.74, 6) is -0.164. The molecule has 0 radical (unpaired) electrons. The molecule has 0 spiro atoms. The highest BCUT2D eigenvalue weighted by atomic mass is 16.5. The number of benzene rings is 1. The molecule has 0 aliphatic heterocycles. The van der Waals surface area contributed by atoms with Gasteiger partial charge in [-0.1, -0.05) is 12.1 Å². The van der Waals surface area contributed by atoms with Gasteiger partial charge in [0.2, 0.25) is 0 Å². The second-order valence-corrected chi connectivity index (χ2v) is 4.88. The molecule has 0 fully saturated rings. The molecule has 88 valence electrons. The topological polar surface area (TPSA) is 52.3 Å². The van der Waals surface area contributed by atoms with E-state index >= 15 is 0 Å². The van der Waals surface area contributed by atoms with Crippen molar-refractivity contribution in [2.75, 3.05) is 12.3 Å². The molecule has 1 aromatic rings. The minimum atomic E-state index is -0.429. The van der Waals surface area contributed by atoms with Gasteiger partial charge < -0.3 is 10.5 Å². The number of rotatable bonds is 3. The van der Waals surface area contributed by atoms with Gasteiger partial charge in [0, 0.05) is 12.1 Å². The molecule has 0 saturated carbocycles. The third kappa shape index (κ3) is 3.93. The molecular weight excluding hydrogens is 202 g/mol. The van der Waals surface area contributed by atoms with Crippen LogP contribution in [0.1, 0.15) is 26.3 Å². The maximum Gasteiger partial charge on any atom is 0.311 e. The lowest BCUT2D eigenvalue weighted by molar-refractivity contribution is -0.152. The van der Waals surface area contributed by atoms with Gasteiger partial charge >= 0.3 is 5.97 Å². The average molecular weight is 221 g/mol. The minimum absolute atomic E-state index is 0.164. The van der Waals surface area contributed by atoms with Crippen LogP contribution in [-0.2, 0) is 16.0 Å². The molecule has 0 aromatic heterocycles. The van der Waals surface area contributed by atoms with E-state index in [1.807, 2.05) is 45.0 Å². The highest BCUT2D eigenvalue weighted by molar-refractivity contribution is 5.75. The quantitative estimate of drug-likeness (QED) is 0.630. The smallest absolute Gasteiger partial charge is 0.311 e. The Balaban J connectivity index is 2.36. The molecule has 0 bridgehead atoms. The largest absolute Gasteiger partial charge is 0.465 e. The van der Waals surface area contributed by atoms with Crippen molar-refractivity contribution in [1.29, 1.82) is 0 Å². The Kier molecular flexibility index (Phi) is 3.93. The van der Waals surface area contributed by atoms with Crippen molar-refractivity contribution < 1.29 is 9.53 Å². The van der Waals surface area contributed by atoms with Gasteiger partial charge in [0.1, 0.15) is 0 Å². The van der Waals surface area contributed by atoms with Crippen LogP contribution in [0.2, 0.25) is 0 Å². The number of nitrogen functional groups attached to an aromatic ring is 1. The van der Waals surface area contributed by atoms with Crippen molar-refractivity contribution in [1.82, 2.24) is 0 Å². The molecule has 0 aliphatic rings. The van der Waals surface area contributed by atoms with Gasteiger partial charge in [-0.3, -0.25) is 4.79 Å². The van der Waals surface area contributed by atoms with E-state index in [-0.39, 0.29) is 5.97 Å². The third-order valence-corrected chi connectivity index (χ3v) is 2.22. The minimum Gasteiger partial charge on any atom is -0.465 e. The zero-order chi connectivity index (χ0) is 12.2. The molecule has 1 aromatic carbocycles. The van der Waals surface area contributed by atoms with Crippen molar-refractivity contribution in [3.8, 4) is 0 Å². The predicted molar refractivity (Wildman–Crippen MR) is 65.0 cm³/mol. The molecule has 0 amide bonds. The summed E-state index contributed by atoms with van der Waals surface area (Å²) in [6.07, 6.45) is 0.724. The Morgan fingerprint density at radius 2 is 1.81 bits per heavy atom. The number of anilines is 1. The van der Waals surface area contributed by atoms with E-state index in [4.69, 9.17) is 10.5 Å². The number of hydrogen-bond donors (Lipinski definition) is 1. The first-order valence-corrected chi connectivity index (χ1v) is 5.41. The first-order valence-electron chi connectivity index (χ1n) is 5.41. The molecule has 16 heavy (non-hydrogen) atoms. The van der Waals surface area contributed by atoms with Crippen LogP contribution in [0.25, 0.3) is 0 Å². The Bertz CT molecular complexity index is 349. The Morgan fingerprint density at radius 3 is 2.31 bits per heavy atom. The van der Waals surface area contributed by atoms with Gasteiger partial charge in [-0.15, -0.1) is 0 Å². The van der Waals surface area contributed by atoms with Crippen molar-refractivity contribution in [2.24, 2.45) is 5.41 Å². The zero-order valence-corrected chi connectivity index (χ0v) is 10.1. The van der Waals surface area contributed by atoms with E-state index in [0.717, 1.165) is 17.7 Å². The predicted octanol–water partition coefficient (Wildman–Crippen LogP) is 2.40. The monoisotopic (exact) mass is 221 g/mol. The van der Waals surface area contributed by atoms with Crippen molar-refractivity contribution >= 4 is 11.7 Å². The van der Waals surface area contributed by atoms with Crippen LogP contribution < -0.4 is 5.73 Å². The molecular formula is C13H19NO2. The fourth-order valence-corrected chi connectivity index (χ4v) is 1.16. The van der Waals surface area contributed by atoms with Crippen LogP contribution in [0.15, 0.2) is 24.3 Å². The van der Waals surface area contributed by atoms with Crippen LogP contribution in [0.4, 0.5) is 5.69 Å². The highest BCUT2D eigenvalue weighted by Crippen LogP contribution is 2.15. The standard InChI is InChI=1S/C13H19NO2/c1-13(2,3)12(15)16-9-8-10-4-6-11(14)7-5-10/h4-7H,8-9,14H2,1-3H3. The summed E-state index contributed by atoms with van der Waals surface area (Å²) in [7, 11) is 0. The van der Waals surface area contributed by atoms with E-state index < -0.39 is 5.41 Å². The second-order valence-electron chi connectivity index (χ2n) is 4.88. The van der Waals surface area contributed by atoms with Crippen LogP contribution in [-0.4, -0.2) is 12.6 Å². The van der Waals surface area contributed by atoms with Gasteiger partial charge in [-0.2, -0.15) is 0 Å². The first kappa shape index (κ1) is 12.6. The summed E-state index contributed by atoms with van der Waals surface area (Å²) in [6.45, 7) is 5.95. The fraction of sp³-hybridized carbons (Fsp3) is 0.462. The summed E-state index contributed by atoms with van der Waals surface area (Å²) in [4.78, 5) is 11.5. The molecule has 2 N–H and O–H groups in total. The molecule has 0 aliphatic carbocycles. The van der Waals surface area contributed by atoms with E-state index in [2.05, 4.69) is 0 Å². The van der Waals surface area contributed by atoms with Crippen LogP contribution >= 0.6 is 0 Å². The number of carbonyl (C=O) groups is 1. The summed E-state index contributed by atoms with van der Waals surface area (Å²) in [5.41, 5.74) is 7.01. The maximum absolute atomic E-state index is 11.5. The van der Waals surface area contributed by atoms with Crippen LogP contribution in [0, 0.1) is 5.41 Å². The van der Waals surface area contributed by atoms with Gasteiger partial charge in [0.15, 0.2) is 0 Å². The van der Waals surface area contributed by atoms with Crippen molar-refractivity contribution in [3.63, 3.8) is 0 Å². The average Bonchev–Trinajstić information content (AvgIpc) is 2.19. The Hall–Kier alpha value is -1.51. The summed E-state index contributed by atoms with van der Waals surface area (Å²) in [5, 5.41) is 0. The maximum atomic E-state index is 11.5. The number of carbonyl (C=O) groups excluding carboxylic acids is 1. The molecule has 0 atom stereocenters. The lowest BCUT2D eigenvalue weighted by atomic mass is 9.97. The molecule has 0 unspecified atom stereocenters. The zero-order valence-electron chi connectivity index (χ0n) is 10.1. The fourth-order valence-electron chi connectivity index (χ4n) is 1.16. The lowest BCUT2D eigenvalue weighted by Crippen LogP contribution is -2.23.